The molecule has 2 aromatic carbocycles. The van der Waals surface area contributed by atoms with Gasteiger partial charge in [-0.05, 0) is 55.5 Å². The van der Waals surface area contributed by atoms with Crippen LogP contribution in [0.15, 0.2) is 48.5 Å². The molecular formula is C16H15ClN2O3. The number of carbonyl (C=O) groups excluding carboxylic acids is 2. The molecule has 2 N–H and O–H groups in total. The first kappa shape index (κ1) is 15.9. The van der Waals surface area contributed by atoms with E-state index in [4.69, 9.17) is 16.3 Å². The molecule has 6 heteroatoms. The van der Waals surface area contributed by atoms with E-state index < -0.39 is 0 Å². The highest BCUT2D eigenvalue weighted by Gasteiger charge is 2.07. The van der Waals surface area contributed by atoms with Crippen molar-refractivity contribution in [3.8, 4) is 0 Å². The van der Waals surface area contributed by atoms with Crippen LogP contribution in [0, 0.1) is 0 Å². The zero-order valence-corrected chi connectivity index (χ0v) is 12.7. The molecule has 0 fully saturated rings. The van der Waals surface area contributed by atoms with Gasteiger partial charge < -0.3 is 15.4 Å². The summed E-state index contributed by atoms with van der Waals surface area (Å²) in [5.74, 6) is -0.389. The number of esters is 1. The molecule has 0 aliphatic heterocycles. The second kappa shape index (κ2) is 7.47. The van der Waals surface area contributed by atoms with Gasteiger partial charge >= 0.3 is 12.0 Å². The van der Waals surface area contributed by atoms with Crippen LogP contribution in [0.4, 0.5) is 16.2 Å². The van der Waals surface area contributed by atoms with Crippen LogP contribution in [-0.4, -0.2) is 18.6 Å². The van der Waals surface area contributed by atoms with Gasteiger partial charge in [-0.1, -0.05) is 11.6 Å². The fourth-order valence-corrected chi connectivity index (χ4v) is 1.86. The SMILES string of the molecule is CCOC(=O)c1ccc(NC(=O)Nc2ccc(Cl)cc2)cc1. The molecule has 2 aromatic rings. The fourth-order valence-electron chi connectivity index (χ4n) is 1.73. The lowest BCUT2D eigenvalue weighted by molar-refractivity contribution is 0.0526. The Morgan fingerprint density at radius 3 is 1.95 bits per heavy atom. The van der Waals surface area contributed by atoms with Crippen molar-refractivity contribution in [3.05, 3.63) is 59.1 Å². The van der Waals surface area contributed by atoms with E-state index in [1.54, 1.807) is 55.5 Å². The number of rotatable bonds is 4. The maximum absolute atomic E-state index is 11.8. The number of urea groups is 1. The maximum atomic E-state index is 11.8. The van der Waals surface area contributed by atoms with Crippen molar-refractivity contribution in [2.75, 3.05) is 17.2 Å². The van der Waals surface area contributed by atoms with Crippen LogP contribution in [0.1, 0.15) is 17.3 Å². The maximum Gasteiger partial charge on any atom is 0.338 e. The number of anilines is 2. The van der Waals surface area contributed by atoms with Crippen molar-refractivity contribution >= 4 is 35.0 Å². The Morgan fingerprint density at radius 1 is 0.955 bits per heavy atom. The largest absolute Gasteiger partial charge is 0.462 e. The van der Waals surface area contributed by atoms with Gasteiger partial charge in [-0.25, -0.2) is 9.59 Å². The molecule has 5 nitrogen and oxygen atoms in total. The van der Waals surface area contributed by atoms with E-state index in [-0.39, 0.29) is 12.0 Å². The van der Waals surface area contributed by atoms with Gasteiger partial charge in [-0.3, -0.25) is 0 Å². The quantitative estimate of drug-likeness (QED) is 0.832. The number of hydrogen-bond acceptors (Lipinski definition) is 3. The summed E-state index contributed by atoms with van der Waals surface area (Å²) >= 11 is 5.77. The van der Waals surface area contributed by atoms with E-state index in [1.165, 1.54) is 0 Å². The Morgan fingerprint density at radius 2 is 1.45 bits per heavy atom. The van der Waals surface area contributed by atoms with Crippen LogP contribution in [0.25, 0.3) is 0 Å². The second-order valence-electron chi connectivity index (χ2n) is 4.38. The molecule has 0 atom stereocenters. The topological polar surface area (TPSA) is 67.4 Å². The lowest BCUT2D eigenvalue weighted by Crippen LogP contribution is -2.19. The molecule has 114 valence electrons. The zero-order valence-electron chi connectivity index (χ0n) is 11.9. The van der Waals surface area contributed by atoms with E-state index in [9.17, 15) is 9.59 Å². The molecule has 0 aromatic heterocycles. The molecule has 0 aliphatic carbocycles. The molecule has 0 saturated heterocycles. The Balaban J connectivity index is 1.94. The van der Waals surface area contributed by atoms with Gasteiger partial charge in [0.25, 0.3) is 0 Å². The summed E-state index contributed by atoms with van der Waals surface area (Å²) in [4.78, 5) is 23.4. The van der Waals surface area contributed by atoms with Gasteiger partial charge in [0, 0.05) is 16.4 Å². The predicted octanol–water partition coefficient (Wildman–Crippen LogP) is 4.16. The minimum Gasteiger partial charge on any atom is -0.462 e. The van der Waals surface area contributed by atoms with Crippen LogP contribution >= 0.6 is 11.6 Å². The third kappa shape index (κ3) is 4.49. The van der Waals surface area contributed by atoms with Crippen LogP contribution in [-0.2, 0) is 4.74 Å². The molecule has 0 heterocycles. The van der Waals surface area contributed by atoms with Gasteiger partial charge in [-0.2, -0.15) is 0 Å². The average Bonchev–Trinajstić information content (AvgIpc) is 2.50. The molecule has 22 heavy (non-hydrogen) atoms. The number of halogens is 1. The highest BCUT2D eigenvalue weighted by molar-refractivity contribution is 6.30. The first-order valence-electron chi connectivity index (χ1n) is 6.69. The third-order valence-corrected chi connectivity index (χ3v) is 3.01. The zero-order chi connectivity index (χ0) is 15.9. The minimum absolute atomic E-state index is 0.322. The highest BCUT2D eigenvalue weighted by Crippen LogP contribution is 2.15. The van der Waals surface area contributed by atoms with Gasteiger partial charge in [0.2, 0.25) is 0 Å². The van der Waals surface area contributed by atoms with Crippen LogP contribution in [0.3, 0.4) is 0 Å². The Hall–Kier alpha value is -2.53. The minimum atomic E-state index is -0.389. The van der Waals surface area contributed by atoms with Crippen molar-refractivity contribution in [2.24, 2.45) is 0 Å². The summed E-state index contributed by atoms with van der Waals surface area (Å²) in [5, 5.41) is 5.94. The Kier molecular flexibility index (Phi) is 5.38. The lowest BCUT2D eigenvalue weighted by atomic mass is 10.2. The van der Waals surface area contributed by atoms with E-state index in [0.717, 1.165) is 0 Å². The summed E-state index contributed by atoms with van der Waals surface area (Å²) in [6.45, 7) is 2.07. The van der Waals surface area contributed by atoms with Crippen molar-refractivity contribution in [1.29, 1.82) is 0 Å². The van der Waals surface area contributed by atoms with Gasteiger partial charge in [0.05, 0.1) is 12.2 Å². The molecule has 2 amide bonds. The third-order valence-electron chi connectivity index (χ3n) is 2.76. The summed E-state index contributed by atoms with van der Waals surface area (Å²) in [5.41, 5.74) is 1.63. The number of ether oxygens (including phenoxy) is 1. The number of hydrogen-bond donors (Lipinski definition) is 2. The van der Waals surface area contributed by atoms with Crippen molar-refractivity contribution in [1.82, 2.24) is 0 Å². The second-order valence-corrected chi connectivity index (χ2v) is 4.82. The Labute approximate surface area is 133 Å². The van der Waals surface area contributed by atoms with E-state index in [0.29, 0.717) is 28.6 Å². The monoisotopic (exact) mass is 318 g/mol. The molecule has 0 saturated carbocycles. The van der Waals surface area contributed by atoms with E-state index >= 15 is 0 Å². The number of amides is 2. The van der Waals surface area contributed by atoms with Crippen molar-refractivity contribution < 1.29 is 14.3 Å². The number of benzene rings is 2. The van der Waals surface area contributed by atoms with Crippen LogP contribution in [0.5, 0.6) is 0 Å². The number of nitrogens with one attached hydrogen (secondary N) is 2. The highest BCUT2D eigenvalue weighted by atomic mass is 35.5. The molecule has 0 unspecified atom stereocenters. The van der Waals surface area contributed by atoms with Crippen LogP contribution < -0.4 is 10.6 Å². The smallest absolute Gasteiger partial charge is 0.338 e. The van der Waals surface area contributed by atoms with Gasteiger partial charge in [-0.15, -0.1) is 0 Å². The van der Waals surface area contributed by atoms with E-state index in [2.05, 4.69) is 10.6 Å². The molecule has 0 aliphatic rings. The summed E-state index contributed by atoms with van der Waals surface area (Å²) in [7, 11) is 0. The molecule has 0 radical (unpaired) electrons. The van der Waals surface area contributed by atoms with Gasteiger partial charge in [0.15, 0.2) is 0 Å². The Bertz CT molecular complexity index is 654. The summed E-state index contributed by atoms with van der Waals surface area (Å²) in [6, 6.07) is 12.8. The number of carbonyl (C=O) groups is 2. The summed E-state index contributed by atoms with van der Waals surface area (Å²) in [6.07, 6.45) is 0. The average molecular weight is 319 g/mol. The molecular weight excluding hydrogens is 304 g/mol. The fraction of sp³-hybridized carbons (Fsp3) is 0.125. The standard InChI is InChI=1S/C16H15ClN2O3/c1-2-22-15(20)11-3-7-13(8-4-11)18-16(21)19-14-9-5-12(17)6-10-14/h3-10H,2H2,1H3,(H2,18,19,21). The van der Waals surface area contributed by atoms with Crippen molar-refractivity contribution in [2.45, 2.75) is 6.92 Å². The lowest BCUT2D eigenvalue weighted by Gasteiger charge is -2.08. The predicted molar refractivity (Wildman–Crippen MR) is 86.5 cm³/mol. The van der Waals surface area contributed by atoms with Crippen molar-refractivity contribution in [3.63, 3.8) is 0 Å². The summed E-state index contributed by atoms with van der Waals surface area (Å²) < 4.78 is 4.89. The molecule has 2 rings (SSSR count). The molecule has 0 bridgehead atoms. The van der Waals surface area contributed by atoms with Gasteiger partial charge in [0.1, 0.15) is 0 Å². The first-order valence-corrected chi connectivity index (χ1v) is 7.07. The van der Waals surface area contributed by atoms with Crippen LogP contribution in [0.2, 0.25) is 5.02 Å². The normalized spacial score (nSPS) is 9.91. The van der Waals surface area contributed by atoms with E-state index in [1.807, 2.05) is 0 Å². The molecule has 0 spiro atoms. The first-order chi connectivity index (χ1) is 10.6.